The van der Waals surface area contributed by atoms with Crippen molar-refractivity contribution in [3.63, 3.8) is 0 Å². The van der Waals surface area contributed by atoms with E-state index >= 15 is 0 Å². The highest BCUT2D eigenvalue weighted by molar-refractivity contribution is 5.97. The number of halogens is 3. The van der Waals surface area contributed by atoms with Gasteiger partial charge < -0.3 is 9.80 Å². The van der Waals surface area contributed by atoms with Crippen molar-refractivity contribution >= 4 is 23.0 Å². The third-order valence-electron chi connectivity index (χ3n) is 7.71. The number of nitrogens with zero attached hydrogens (tertiary/aromatic N) is 5. The van der Waals surface area contributed by atoms with Crippen LogP contribution in [0.1, 0.15) is 49.7 Å². The van der Waals surface area contributed by atoms with Gasteiger partial charge in [0.05, 0.1) is 12.2 Å². The number of pyridine rings is 1. The number of benzene rings is 3. The number of para-hydroxylation sites is 1. The summed E-state index contributed by atoms with van der Waals surface area (Å²) in [6, 6.07) is 24.4. The van der Waals surface area contributed by atoms with Crippen LogP contribution in [0.5, 0.6) is 0 Å². The van der Waals surface area contributed by atoms with Gasteiger partial charge in [0, 0.05) is 60.0 Å². The highest BCUT2D eigenvalue weighted by Crippen LogP contribution is 2.36. The van der Waals surface area contributed by atoms with Crippen LogP contribution in [0, 0.1) is 13.8 Å². The van der Waals surface area contributed by atoms with Crippen molar-refractivity contribution in [2.75, 3.05) is 16.5 Å². The van der Waals surface area contributed by atoms with Gasteiger partial charge in [-0.1, -0.05) is 48.5 Å². The van der Waals surface area contributed by atoms with Crippen molar-refractivity contribution in [3.8, 4) is 0 Å². The molecule has 3 aromatic carbocycles. The van der Waals surface area contributed by atoms with Crippen LogP contribution in [0.2, 0.25) is 0 Å². The number of alkyl halides is 3. The summed E-state index contributed by atoms with van der Waals surface area (Å²) in [5.74, 6) is 1.17. The molecule has 1 aliphatic rings. The van der Waals surface area contributed by atoms with Crippen LogP contribution in [0.15, 0.2) is 97.3 Å². The van der Waals surface area contributed by atoms with Crippen molar-refractivity contribution in [3.05, 3.63) is 142 Å². The zero-order valence-corrected chi connectivity index (χ0v) is 24.3. The number of hydrogen-bond acceptors (Lipinski definition) is 6. The number of carbonyl (C=O) groups excluding carboxylic acids is 1. The minimum atomic E-state index is -4.51. The zero-order chi connectivity index (χ0) is 30.8. The third kappa shape index (κ3) is 6.32. The van der Waals surface area contributed by atoms with Crippen molar-refractivity contribution < 1.29 is 18.0 Å². The largest absolute Gasteiger partial charge is 0.416 e. The maximum atomic E-state index is 13.2. The molecule has 0 saturated carbocycles. The Morgan fingerprint density at radius 1 is 0.864 bits per heavy atom. The Balaban J connectivity index is 1.29. The Kier molecular flexibility index (Phi) is 7.86. The number of hydrogen-bond donors (Lipinski definition) is 0. The van der Waals surface area contributed by atoms with E-state index in [1.165, 1.54) is 12.1 Å². The van der Waals surface area contributed by atoms with Gasteiger partial charge in [-0.2, -0.15) is 13.2 Å². The molecule has 6 nitrogen and oxygen atoms in total. The number of aryl methyl sites for hydroxylation is 2. The first-order valence-corrected chi connectivity index (χ1v) is 14.3. The van der Waals surface area contributed by atoms with E-state index in [1.54, 1.807) is 0 Å². The second-order valence-electron chi connectivity index (χ2n) is 11.0. The summed E-state index contributed by atoms with van der Waals surface area (Å²) < 4.78 is 39.7. The molecule has 0 amide bonds. The number of fused-ring (bicyclic) bond motifs is 1. The van der Waals surface area contributed by atoms with Gasteiger partial charge in [0.2, 0.25) is 0 Å². The lowest BCUT2D eigenvalue weighted by atomic mass is 9.99. The normalized spacial score (nSPS) is 13.1. The second kappa shape index (κ2) is 11.9. The zero-order valence-electron chi connectivity index (χ0n) is 24.3. The molecule has 0 N–H and O–H groups in total. The average Bonchev–Trinajstić information content (AvgIpc) is 3.02. The number of rotatable bonds is 7. The predicted molar refractivity (Wildman–Crippen MR) is 164 cm³/mol. The van der Waals surface area contributed by atoms with Crippen LogP contribution in [0.3, 0.4) is 0 Å². The molecule has 1 aliphatic heterocycles. The molecule has 0 atom stereocenters. The van der Waals surface area contributed by atoms with Gasteiger partial charge in [0.1, 0.15) is 11.6 Å². The minimum absolute atomic E-state index is 0.0121. The fourth-order valence-corrected chi connectivity index (χ4v) is 5.38. The fraction of sp³-hybridized carbons (Fsp3) is 0.200. The summed E-state index contributed by atoms with van der Waals surface area (Å²) >= 11 is 0. The van der Waals surface area contributed by atoms with E-state index in [4.69, 9.17) is 4.98 Å². The van der Waals surface area contributed by atoms with Crippen LogP contribution < -0.4 is 9.80 Å². The van der Waals surface area contributed by atoms with Crippen molar-refractivity contribution in [1.29, 1.82) is 0 Å². The highest BCUT2D eigenvalue weighted by atomic mass is 19.4. The van der Waals surface area contributed by atoms with E-state index in [1.807, 2.05) is 86.9 Å². The molecule has 2 aromatic heterocycles. The van der Waals surface area contributed by atoms with Crippen molar-refractivity contribution in [1.82, 2.24) is 15.0 Å². The van der Waals surface area contributed by atoms with Gasteiger partial charge >= 0.3 is 6.18 Å². The summed E-state index contributed by atoms with van der Waals surface area (Å²) in [4.78, 5) is 31.5. The molecule has 0 unspecified atom stereocenters. The Hall–Kier alpha value is -5.05. The first-order chi connectivity index (χ1) is 21.1. The summed E-state index contributed by atoms with van der Waals surface area (Å²) in [7, 11) is 0. The molecule has 9 heteroatoms. The Labute approximate surface area is 253 Å². The van der Waals surface area contributed by atoms with Crippen LogP contribution in [-0.2, 0) is 25.6 Å². The molecule has 44 heavy (non-hydrogen) atoms. The quantitative estimate of drug-likeness (QED) is 0.181. The Morgan fingerprint density at radius 3 is 2.41 bits per heavy atom. The molecule has 0 fully saturated rings. The van der Waals surface area contributed by atoms with Crippen LogP contribution in [0.25, 0.3) is 0 Å². The van der Waals surface area contributed by atoms with Gasteiger partial charge in [-0.25, -0.2) is 9.97 Å². The molecular weight excluding hydrogens is 563 g/mol. The summed E-state index contributed by atoms with van der Waals surface area (Å²) in [5.41, 5.74) is 5.80. The third-order valence-corrected chi connectivity index (χ3v) is 7.71. The summed E-state index contributed by atoms with van der Waals surface area (Å²) in [6.45, 7) is 5.02. The molecule has 6 rings (SSSR count). The van der Waals surface area contributed by atoms with E-state index in [9.17, 15) is 18.0 Å². The average molecular weight is 594 g/mol. The van der Waals surface area contributed by atoms with E-state index in [-0.39, 0.29) is 17.8 Å². The lowest BCUT2D eigenvalue weighted by Crippen LogP contribution is -2.41. The maximum Gasteiger partial charge on any atom is 0.416 e. The molecule has 0 aliphatic carbocycles. The molecule has 0 radical (unpaired) electrons. The van der Waals surface area contributed by atoms with Crippen molar-refractivity contribution in [2.24, 2.45) is 0 Å². The highest BCUT2D eigenvalue weighted by Gasteiger charge is 2.31. The number of carbonyl (C=O) groups is 1. The van der Waals surface area contributed by atoms with Gasteiger partial charge in [0.25, 0.3) is 0 Å². The fourth-order valence-electron chi connectivity index (χ4n) is 5.38. The lowest BCUT2D eigenvalue weighted by molar-refractivity contribution is -0.137. The van der Waals surface area contributed by atoms with Gasteiger partial charge in [-0.15, -0.1) is 0 Å². The number of ketones is 1. The van der Waals surface area contributed by atoms with Gasteiger partial charge in [0.15, 0.2) is 5.78 Å². The van der Waals surface area contributed by atoms with Gasteiger partial charge in [-0.05, 0) is 66.9 Å². The Morgan fingerprint density at radius 2 is 1.66 bits per heavy atom. The predicted octanol–water partition coefficient (Wildman–Crippen LogP) is 7.64. The smallest absolute Gasteiger partial charge is 0.349 e. The van der Waals surface area contributed by atoms with Crippen LogP contribution in [0.4, 0.5) is 30.4 Å². The molecule has 222 valence electrons. The van der Waals surface area contributed by atoms with E-state index in [0.29, 0.717) is 25.5 Å². The summed E-state index contributed by atoms with van der Waals surface area (Å²) in [6.07, 6.45) is -0.235. The standard InChI is InChI=1S/C35H30F3N5O/c1-23-11-13-25(16-32(44)27-7-6-8-29(18-27)35(36,37)38)15-31(23)42-21-28-20-40-33(17-26-14-12-24(2)39-19-26)41-34(28)43(22-42)30-9-4-3-5-10-30/h3-15,18-20H,16-17,21-22H2,1-2H3. The number of anilines is 3. The molecule has 5 aromatic rings. The van der Waals surface area contributed by atoms with E-state index in [0.717, 1.165) is 57.3 Å². The van der Waals surface area contributed by atoms with Crippen LogP contribution >= 0.6 is 0 Å². The maximum absolute atomic E-state index is 13.2. The number of Topliss-reactive ketones (excluding diaryl/α,β-unsaturated/α-hetero) is 1. The monoisotopic (exact) mass is 593 g/mol. The molecule has 0 bridgehead atoms. The molecule has 3 heterocycles. The SMILES string of the molecule is Cc1ccc(Cc2ncc3c(n2)N(c2ccccc2)CN(c2cc(CC(=O)c4cccc(C(F)(F)F)c4)ccc2C)C3)cn1. The van der Waals surface area contributed by atoms with E-state index in [2.05, 4.69) is 19.8 Å². The topological polar surface area (TPSA) is 62.2 Å². The van der Waals surface area contributed by atoms with Crippen molar-refractivity contribution in [2.45, 2.75) is 39.4 Å². The molecule has 0 saturated heterocycles. The first-order valence-electron chi connectivity index (χ1n) is 14.3. The Bertz CT molecular complexity index is 1810. The molecular formula is C35H30F3N5O. The lowest BCUT2D eigenvalue weighted by Gasteiger charge is -2.39. The number of aromatic nitrogens is 3. The van der Waals surface area contributed by atoms with Crippen LogP contribution in [-0.4, -0.2) is 27.4 Å². The second-order valence-corrected chi connectivity index (χ2v) is 11.0. The minimum Gasteiger partial charge on any atom is -0.349 e. The van der Waals surface area contributed by atoms with E-state index < -0.39 is 11.7 Å². The first kappa shape index (κ1) is 29.0. The summed E-state index contributed by atoms with van der Waals surface area (Å²) in [5, 5.41) is 0. The van der Waals surface area contributed by atoms with Gasteiger partial charge in [-0.3, -0.25) is 9.78 Å². The molecule has 0 spiro atoms.